The highest BCUT2D eigenvalue weighted by Crippen LogP contribution is 2.28. The SMILES string of the molecule is COc1ccccc1C(=O)N(CCO)C1CCC1. The van der Waals surface area contributed by atoms with E-state index in [-0.39, 0.29) is 18.6 Å². The third-order valence-electron chi connectivity index (χ3n) is 3.45. The van der Waals surface area contributed by atoms with E-state index >= 15 is 0 Å². The van der Waals surface area contributed by atoms with Crippen molar-refractivity contribution in [3.05, 3.63) is 29.8 Å². The molecule has 98 valence electrons. The van der Waals surface area contributed by atoms with E-state index in [0.717, 1.165) is 19.3 Å². The number of hydrogen-bond donors (Lipinski definition) is 1. The van der Waals surface area contributed by atoms with Crippen LogP contribution in [0.25, 0.3) is 0 Å². The van der Waals surface area contributed by atoms with Crippen molar-refractivity contribution >= 4 is 5.91 Å². The number of para-hydroxylation sites is 1. The highest BCUT2D eigenvalue weighted by Gasteiger charge is 2.30. The minimum Gasteiger partial charge on any atom is -0.496 e. The highest BCUT2D eigenvalue weighted by molar-refractivity contribution is 5.97. The summed E-state index contributed by atoms with van der Waals surface area (Å²) in [4.78, 5) is 14.2. The van der Waals surface area contributed by atoms with Crippen molar-refractivity contribution < 1.29 is 14.6 Å². The molecule has 0 bridgehead atoms. The molecule has 0 unspecified atom stereocenters. The summed E-state index contributed by atoms with van der Waals surface area (Å²) in [5.74, 6) is 0.538. The average Bonchev–Trinajstić information content (AvgIpc) is 2.35. The number of aliphatic hydroxyl groups excluding tert-OH is 1. The van der Waals surface area contributed by atoms with E-state index in [1.807, 2.05) is 12.1 Å². The first-order valence-corrected chi connectivity index (χ1v) is 6.32. The second kappa shape index (κ2) is 5.87. The Bertz CT molecular complexity index is 415. The van der Waals surface area contributed by atoms with E-state index in [4.69, 9.17) is 9.84 Å². The van der Waals surface area contributed by atoms with Crippen LogP contribution >= 0.6 is 0 Å². The average molecular weight is 249 g/mol. The maximum absolute atomic E-state index is 12.5. The number of aliphatic hydroxyl groups is 1. The number of rotatable bonds is 5. The van der Waals surface area contributed by atoms with Crippen LogP contribution in [0.4, 0.5) is 0 Å². The number of carbonyl (C=O) groups is 1. The quantitative estimate of drug-likeness (QED) is 0.863. The van der Waals surface area contributed by atoms with Crippen LogP contribution < -0.4 is 4.74 Å². The molecule has 0 spiro atoms. The molecule has 0 radical (unpaired) electrons. The summed E-state index contributed by atoms with van der Waals surface area (Å²) in [7, 11) is 1.56. The van der Waals surface area contributed by atoms with Crippen molar-refractivity contribution in [3.63, 3.8) is 0 Å². The van der Waals surface area contributed by atoms with Crippen molar-refractivity contribution in [1.82, 2.24) is 4.90 Å². The summed E-state index contributed by atoms with van der Waals surface area (Å²) in [5, 5.41) is 9.10. The Labute approximate surface area is 107 Å². The first-order valence-electron chi connectivity index (χ1n) is 6.32. The third-order valence-corrected chi connectivity index (χ3v) is 3.45. The van der Waals surface area contributed by atoms with Gasteiger partial charge in [0.15, 0.2) is 0 Å². The number of hydrogen-bond acceptors (Lipinski definition) is 3. The molecule has 0 aromatic heterocycles. The fourth-order valence-electron chi connectivity index (χ4n) is 2.23. The summed E-state index contributed by atoms with van der Waals surface area (Å²) in [5.41, 5.74) is 0.570. The molecule has 0 aliphatic heterocycles. The Morgan fingerprint density at radius 2 is 2.17 bits per heavy atom. The molecule has 0 atom stereocenters. The zero-order valence-corrected chi connectivity index (χ0v) is 10.6. The maximum atomic E-state index is 12.5. The zero-order valence-electron chi connectivity index (χ0n) is 10.6. The van der Waals surface area contributed by atoms with Gasteiger partial charge >= 0.3 is 0 Å². The normalized spacial score (nSPS) is 15.0. The standard InChI is InChI=1S/C14H19NO3/c1-18-13-8-3-2-7-12(13)14(17)15(9-10-16)11-5-4-6-11/h2-3,7-8,11,16H,4-6,9-10H2,1H3. The zero-order chi connectivity index (χ0) is 13.0. The van der Waals surface area contributed by atoms with Gasteiger partial charge in [0.1, 0.15) is 5.75 Å². The number of benzene rings is 1. The molecule has 1 saturated carbocycles. The van der Waals surface area contributed by atoms with E-state index in [2.05, 4.69) is 0 Å². The fraction of sp³-hybridized carbons (Fsp3) is 0.500. The van der Waals surface area contributed by atoms with Crippen LogP contribution in [-0.2, 0) is 0 Å². The lowest BCUT2D eigenvalue weighted by atomic mass is 9.91. The van der Waals surface area contributed by atoms with Crippen molar-refractivity contribution in [2.45, 2.75) is 25.3 Å². The summed E-state index contributed by atoms with van der Waals surface area (Å²) in [6, 6.07) is 7.49. The Hall–Kier alpha value is -1.55. The van der Waals surface area contributed by atoms with Gasteiger partial charge in [-0.15, -0.1) is 0 Å². The molecule has 1 aliphatic carbocycles. The van der Waals surface area contributed by atoms with Crippen LogP contribution in [0.5, 0.6) is 5.75 Å². The van der Waals surface area contributed by atoms with Crippen molar-refractivity contribution in [3.8, 4) is 5.75 Å². The minimum atomic E-state index is -0.0498. The Morgan fingerprint density at radius 1 is 1.44 bits per heavy atom. The lowest BCUT2D eigenvalue weighted by Gasteiger charge is -2.37. The number of nitrogens with zero attached hydrogens (tertiary/aromatic N) is 1. The number of ether oxygens (including phenoxy) is 1. The number of methoxy groups -OCH3 is 1. The van der Waals surface area contributed by atoms with Gasteiger partial charge in [0, 0.05) is 12.6 Å². The second-order valence-electron chi connectivity index (χ2n) is 4.51. The summed E-state index contributed by atoms with van der Waals surface area (Å²) in [6.07, 6.45) is 3.22. The molecular formula is C14H19NO3. The van der Waals surface area contributed by atoms with E-state index in [1.165, 1.54) is 0 Å². The predicted molar refractivity (Wildman–Crippen MR) is 68.8 cm³/mol. The van der Waals surface area contributed by atoms with E-state index in [0.29, 0.717) is 17.9 Å². The first-order chi connectivity index (χ1) is 8.77. The number of amides is 1. The smallest absolute Gasteiger partial charge is 0.257 e. The molecule has 1 aromatic carbocycles. The molecule has 1 aromatic rings. The molecule has 0 heterocycles. The molecule has 0 saturated heterocycles. The monoisotopic (exact) mass is 249 g/mol. The molecule has 1 amide bonds. The Morgan fingerprint density at radius 3 is 2.72 bits per heavy atom. The molecule has 18 heavy (non-hydrogen) atoms. The topological polar surface area (TPSA) is 49.8 Å². The van der Waals surface area contributed by atoms with Gasteiger partial charge in [-0.25, -0.2) is 0 Å². The van der Waals surface area contributed by atoms with Gasteiger partial charge in [-0.1, -0.05) is 12.1 Å². The lowest BCUT2D eigenvalue weighted by molar-refractivity contribution is 0.0522. The third kappa shape index (κ3) is 2.48. The van der Waals surface area contributed by atoms with E-state index in [1.54, 1.807) is 24.1 Å². The largest absolute Gasteiger partial charge is 0.496 e. The van der Waals surface area contributed by atoms with Crippen LogP contribution in [0.3, 0.4) is 0 Å². The first kappa shape index (κ1) is 12.9. The van der Waals surface area contributed by atoms with Crippen molar-refractivity contribution in [2.75, 3.05) is 20.3 Å². The maximum Gasteiger partial charge on any atom is 0.257 e. The van der Waals surface area contributed by atoms with Crippen LogP contribution in [0.15, 0.2) is 24.3 Å². The molecule has 1 aliphatic rings. The number of carbonyl (C=O) groups excluding carboxylic acids is 1. The minimum absolute atomic E-state index is 0.00259. The van der Waals surface area contributed by atoms with Gasteiger partial charge in [-0.3, -0.25) is 4.79 Å². The summed E-state index contributed by atoms with van der Waals surface area (Å²) < 4.78 is 5.22. The Balaban J connectivity index is 2.21. The van der Waals surface area contributed by atoms with E-state index in [9.17, 15) is 4.79 Å². The van der Waals surface area contributed by atoms with Gasteiger partial charge in [-0.05, 0) is 31.4 Å². The van der Waals surface area contributed by atoms with Gasteiger partial charge in [0.2, 0.25) is 0 Å². The fourth-order valence-corrected chi connectivity index (χ4v) is 2.23. The Kier molecular flexibility index (Phi) is 4.20. The molecular weight excluding hydrogens is 230 g/mol. The second-order valence-corrected chi connectivity index (χ2v) is 4.51. The predicted octanol–water partition coefficient (Wildman–Crippen LogP) is 1.68. The summed E-state index contributed by atoms with van der Waals surface area (Å²) >= 11 is 0. The van der Waals surface area contributed by atoms with Crippen LogP contribution in [-0.4, -0.2) is 42.2 Å². The summed E-state index contributed by atoms with van der Waals surface area (Å²) in [6.45, 7) is 0.388. The molecule has 4 heteroatoms. The van der Waals surface area contributed by atoms with Crippen LogP contribution in [0.2, 0.25) is 0 Å². The highest BCUT2D eigenvalue weighted by atomic mass is 16.5. The van der Waals surface area contributed by atoms with Crippen molar-refractivity contribution in [2.24, 2.45) is 0 Å². The molecule has 4 nitrogen and oxygen atoms in total. The van der Waals surface area contributed by atoms with Crippen molar-refractivity contribution in [1.29, 1.82) is 0 Å². The van der Waals surface area contributed by atoms with Gasteiger partial charge in [-0.2, -0.15) is 0 Å². The van der Waals surface area contributed by atoms with Crippen LogP contribution in [0.1, 0.15) is 29.6 Å². The van der Waals surface area contributed by atoms with Gasteiger partial charge < -0.3 is 14.7 Å². The lowest BCUT2D eigenvalue weighted by Crippen LogP contribution is -2.45. The van der Waals surface area contributed by atoms with E-state index < -0.39 is 0 Å². The van der Waals surface area contributed by atoms with Crippen LogP contribution in [0, 0.1) is 0 Å². The molecule has 2 rings (SSSR count). The van der Waals surface area contributed by atoms with Gasteiger partial charge in [0.25, 0.3) is 5.91 Å². The molecule has 1 fully saturated rings. The van der Waals surface area contributed by atoms with Gasteiger partial charge in [0.05, 0.1) is 19.3 Å². The molecule has 1 N–H and O–H groups in total.